The zero-order chi connectivity index (χ0) is 19.9. The van der Waals surface area contributed by atoms with Crippen molar-refractivity contribution in [2.45, 2.75) is 25.2 Å². The van der Waals surface area contributed by atoms with Crippen molar-refractivity contribution >= 4 is 15.7 Å². The molecule has 0 saturated heterocycles. The fraction of sp³-hybridized carbons (Fsp3) is 0.286. The number of nitrogens with one attached hydrogen (secondary N) is 1. The lowest BCUT2D eigenvalue weighted by Crippen LogP contribution is -2.31. The molecule has 0 aliphatic heterocycles. The second kappa shape index (κ2) is 6.76. The van der Waals surface area contributed by atoms with Crippen molar-refractivity contribution in [2.75, 3.05) is 18.5 Å². The van der Waals surface area contributed by atoms with E-state index in [1.807, 2.05) is 31.2 Å². The van der Waals surface area contributed by atoms with E-state index in [0.717, 1.165) is 29.5 Å². The lowest BCUT2D eigenvalue weighted by molar-refractivity contribution is 0.427. The van der Waals surface area contributed by atoms with Gasteiger partial charge in [0.15, 0.2) is 5.76 Å². The number of aryl methyl sites for hydroxylation is 1. The second-order valence-electron chi connectivity index (χ2n) is 7.54. The summed E-state index contributed by atoms with van der Waals surface area (Å²) in [6.45, 7) is 2.27. The molecule has 0 spiro atoms. The Morgan fingerprint density at radius 3 is 2.04 bits per heavy atom. The molecule has 3 aromatic rings. The van der Waals surface area contributed by atoms with E-state index in [2.05, 4.69) is 34.1 Å². The average molecular weight is 398 g/mol. The standard InChI is InChI=1S/C21H23N3O3S/c1-14-19(22)20(27-24-14)17-5-3-15(4-6-17)16-7-9-18(10-8-16)21(11-12-21)13-23-28(2,25)26/h3-10,23H,11-13,22H2,1-2H3. The Hall–Kier alpha value is -2.64. The quantitative estimate of drug-likeness (QED) is 0.663. The van der Waals surface area contributed by atoms with Gasteiger partial charge in [0.2, 0.25) is 10.0 Å². The van der Waals surface area contributed by atoms with Crippen molar-refractivity contribution < 1.29 is 12.9 Å². The van der Waals surface area contributed by atoms with Gasteiger partial charge in [0.05, 0.1) is 6.26 Å². The van der Waals surface area contributed by atoms with Crippen LogP contribution in [0.15, 0.2) is 53.1 Å². The van der Waals surface area contributed by atoms with E-state index in [1.54, 1.807) is 0 Å². The molecule has 1 aliphatic carbocycles. The molecule has 146 valence electrons. The maximum Gasteiger partial charge on any atom is 0.208 e. The number of nitrogens with zero attached hydrogens (tertiary/aromatic N) is 1. The highest BCUT2D eigenvalue weighted by molar-refractivity contribution is 7.88. The van der Waals surface area contributed by atoms with Crippen LogP contribution in [0.3, 0.4) is 0 Å². The first-order chi connectivity index (χ1) is 13.3. The number of aromatic nitrogens is 1. The molecule has 1 saturated carbocycles. The lowest BCUT2D eigenvalue weighted by Gasteiger charge is -2.16. The van der Waals surface area contributed by atoms with Crippen molar-refractivity contribution in [3.63, 3.8) is 0 Å². The van der Waals surface area contributed by atoms with Crippen LogP contribution in [0.2, 0.25) is 0 Å². The highest BCUT2D eigenvalue weighted by Crippen LogP contribution is 2.48. The van der Waals surface area contributed by atoms with Gasteiger partial charge in [-0.05, 0) is 36.5 Å². The molecule has 28 heavy (non-hydrogen) atoms. The van der Waals surface area contributed by atoms with Crippen LogP contribution in [0.5, 0.6) is 0 Å². The average Bonchev–Trinajstić information content (AvgIpc) is 3.41. The van der Waals surface area contributed by atoms with Crippen LogP contribution < -0.4 is 10.5 Å². The van der Waals surface area contributed by atoms with Gasteiger partial charge in [0.25, 0.3) is 0 Å². The van der Waals surface area contributed by atoms with Gasteiger partial charge in [0.1, 0.15) is 11.4 Å². The number of nitrogens with two attached hydrogens (primary N) is 1. The highest BCUT2D eigenvalue weighted by atomic mass is 32.2. The van der Waals surface area contributed by atoms with Crippen molar-refractivity contribution in [1.29, 1.82) is 0 Å². The molecule has 0 atom stereocenters. The number of nitrogen functional groups attached to an aromatic ring is 1. The van der Waals surface area contributed by atoms with Gasteiger partial charge in [-0.15, -0.1) is 0 Å². The minimum Gasteiger partial charge on any atom is -0.394 e. The summed E-state index contributed by atoms with van der Waals surface area (Å²) >= 11 is 0. The van der Waals surface area contributed by atoms with E-state index in [1.165, 1.54) is 11.8 Å². The van der Waals surface area contributed by atoms with Crippen LogP contribution in [-0.2, 0) is 15.4 Å². The molecule has 2 aromatic carbocycles. The third-order valence-electron chi connectivity index (χ3n) is 5.41. The summed E-state index contributed by atoms with van der Waals surface area (Å²) in [6.07, 6.45) is 3.20. The van der Waals surface area contributed by atoms with Crippen molar-refractivity contribution in [3.8, 4) is 22.5 Å². The summed E-state index contributed by atoms with van der Waals surface area (Å²) in [7, 11) is -3.18. The molecule has 0 radical (unpaired) electrons. The fourth-order valence-corrected chi connectivity index (χ4v) is 3.94. The van der Waals surface area contributed by atoms with Crippen LogP contribution in [0.1, 0.15) is 24.1 Å². The third-order valence-corrected chi connectivity index (χ3v) is 6.08. The second-order valence-corrected chi connectivity index (χ2v) is 9.37. The zero-order valence-electron chi connectivity index (χ0n) is 15.9. The van der Waals surface area contributed by atoms with Crippen LogP contribution in [0.25, 0.3) is 22.5 Å². The van der Waals surface area contributed by atoms with E-state index in [0.29, 0.717) is 23.7 Å². The van der Waals surface area contributed by atoms with Crippen molar-refractivity contribution in [2.24, 2.45) is 0 Å². The number of anilines is 1. The van der Waals surface area contributed by atoms with E-state index < -0.39 is 10.0 Å². The van der Waals surface area contributed by atoms with Gasteiger partial charge < -0.3 is 10.3 Å². The number of benzene rings is 2. The van der Waals surface area contributed by atoms with E-state index in [-0.39, 0.29) is 5.41 Å². The first-order valence-electron chi connectivity index (χ1n) is 9.15. The fourth-order valence-electron chi connectivity index (χ4n) is 3.40. The zero-order valence-corrected chi connectivity index (χ0v) is 16.7. The van der Waals surface area contributed by atoms with Crippen molar-refractivity contribution in [1.82, 2.24) is 9.88 Å². The molecule has 1 heterocycles. The molecular weight excluding hydrogens is 374 g/mol. The Morgan fingerprint density at radius 1 is 1.04 bits per heavy atom. The molecule has 1 aliphatic rings. The topological polar surface area (TPSA) is 98.2 Å². The highest BCUT2D eigenvalue weighted by Gasteiger charge is 2.44. The molecule has 0 bridgehead atoms. The Labute approximate surface area is 164 Å². The van der Waals surface area contributed by atoms with Crippen LogP contribution in [-0.4, -0.2) is 26.4 Å². The summed E-state index contributed by atoms with van der Waals surface area (Å²) in [5.41, 5.74) is 11.4. The molecule has 6 nitrogen and oxygen atoms in total. The molecule has 1 aromatic heterocycles. The number of hydrogen-bond donors (Lipinski definition) is 2. The smallest absolute Gasteiger partial charge is 0.208 e. The van der Waals surface area contributed by atoms with Crippen LogP contribution in [0.4, 0.5) is 5.69 Å². The Morgan fingerprint density at radius 2 is 1.57 bits per heavy atom. The summed E-state index contributed by atoms with van der Waals surface area (Å²) < 4.78 is 30.8. The first kappa shape index (κ1) is 18.7. The van der Waals surface area contributed by atoms with Gasteiger partial charge in [0, 0.05) is 17.5 Å². The summed E-state index contributed by atoms with van der Waals surface area (Å²) in [6, 6.07) is 16.3. The number of hydrogen-bond acceptors (Lipinski definition) is 5. The van der Waals surface area contributed by atoms with Gasteiger partial charge in [-0.1, -0.05) is 53.7 Å². The predicted octanol–water partition coefficient (Wildman–Crippen LogP) is 3.48. The van der Waals surface area contributed by atoms with Crippen LogP contribution >= 0.6 is 0 Å². The van der Waals surface area contributed by atoms with Crippen molar-refractivity contribution in [3.05, 3.63) is 59.8 Å². The summed E-state index contributed by atoms with van der Waals surface area (Å²) in [4.78, 5) is 0. The lowest BCUT2D eigenvalue weighted by atomic mass is 9.93. The summed E-state index contributed by atoms with van der Waals surface area (Å²) in [5.74, 6) is 0.591. The molecule has 1 fully saturated rings. The molecular formula is C21H23N3O3S. The molecule has 3 N–H and O–H groups in total. The number of rotatable bonds is 6. The largest absolute Gasteiger partial charge is 0.394 e. The maximum absolute atomic E-state index is 11.4. The molecule has 0 unspecified atom stereocenters. The van der Waals surface area contributed by atoms with Gasteiger partial charge in [-0.25, -0.2) is 13.1 Å². The Kier molecular flexibility index (Phi) is 4.51. The SMILES string of the molecule is Cc1noc(-c2ccc(-c3ccc(C4(CNS(C)(=O)=O)CC4)cc3)cc2)c1N. The minimum absolute atomic E-state index is 0.0624. The Balaban J connectivity index is 1.52. The Bertz CT molecular complexity index is 1100. The maximum atomic E-state index is 11.4. The third kappa shape index (κ3) is 3.68. The van der Waals surface area contributed by atoms with E-state index >= 15 is 0 Å². The van der Waals surface area contributed by atoms with E-state index in [4.69, 9.17) is 10.3 Å². The van der Waals surface area contributed by atoms with Gasteiger partial charge >= 0.3 is 0 Å². The minimum atomic E-state index is -3.18. The van der Waals surface area contributed by atoms with Crippen LogP contribution in [0, 0.1) is 6.92 Å². The monoisotopic (exact) mass is 397 g/mol. The molecule has 4 rings (SSSR count). The van der Waals surface area contributed by atoms with Gasteiger partial charge in [-0.2, -0.15) is 0 Å². The molecule has 0 amide bonds. The van der Waals surface area contributed by atoms with E-state index in [9.17, 15) is 8.42 Å². The van der Waals surface area contributed by atoms with Gasteiger partial charge in [-0.3, -0.25) is 0 Å². The summed E-state index contributed by atoms with van der Waals surface area (Å²) in [5, 5.41) is 3.90. The predicted molar refractivity (Wildman–Crippen MR) is 110 cm³/mol. The molecule has 7 heteroatoms. The number of sulfonamides is 1. The first-order valence-corrected chi connectivity index (χ1v) is 11.0. The normalized spacial score (nSPS) is 15.5.